The zero-order valence-corrected chi connectivity index (χ0v) is 43.3. The molecule has 0 aliphatic carbocycles. The van der Waals surface area contributed by atoms with E-state index in [9.17, 15) is 19.6 Å². The van der Waals surface area contributed by atoms with Gasteiger partial charge in [-0.1, -0.05) is 258 Å². The normalized spacial score (nSPS) is 11.7. The minimum atomic E-state index is -3.51. The smallest absolute Gasteiger partial charge is 0.825 e. The predicted octanol–water partition coefficient (Wildman–Crippen LogP) is 15.0. The van der Waals surface area contributed by atoms with E-state index >= 15 is 0 Å². The van der Waals surface area contributed by atoms with Crippen LogP contribution in [-0.2, 0) is 44.7 Å². The van der Waals surface area contributed by atoms with Gasteiger partial charge in [0, 0.05) is 0 Å². The molecule has 0 saturated carbocycles. The maximum absolute atomic E-state index is 10.8. The average Bonchev–Trinajstić information content (AvgIpc) is 3.12. The van der Waals surface area contributed by atoms with Gasteiger partial charge in [0.1, 0.15) is 0 Å². The Labute approximate surface area is 377 Å². The number of rotatable bonds is 44. The summed E-state index contributed by atoms with van der Waals surface area (Å²) in [6, 6.07) is 0. The van der Waals surface area contributed by atoms with Crippen molar-refractivity contribution in [2.45, 2.75) is 271 Å². The van der Waals surface area contributed by atoms with Gasteiger partial charge in [-0.25, -0.2) is 0 Å². The monoisotopic (exact) mass is 970 g/mol. The van der Waals surface area contributed by atoms with E-state index in [2.05, 4.69) is 37.5 Å². The summed E-state index contributed by atoms with van der Waals surface area (Å²) in [7, 11) is 0. The van der Waals surface area contributed by atoms with Crippen LogP contribution in [0, 0.1) is 0 Å². The van der Waals surface area contributed by atoms with Crippen molar-refractivity contribution in [1.82, 2.24) is 0 Å². The van der Waals surface area contributed by atoms with Crippen LogP contribution in [0.5, 0.6) is 0 Å². The Kier molecular flexibility index (Phi) is 57.2. The first kappa shape index (κ1) is 61.8. The first-order valence-electron chi connectivity index (χ1n) is 23.5. The third kappa shape index (κ3) is 65.8. The van der Waals surface area contributed by atoms with Crippen LogP contribution in [0.25, 0.3) is 0 Å². The zero-order chi connectivity index (χ0) is 40.1. The molecule has 0 saturated heterocycles. The molecular formula is C44H90MoO4P2S4. The van der Waals surface area contributed by atoms with Crippen LogP contribution in [0.2, 0.25) is 0 Å². The Bertz CT molecular complexity index is 740. The molecule has 4 nitrogen and oxygen atoms in total. The topological polar surface area (TPSA) is 92.2 Å². The van der Waals surface area contributed by atoms with Crippen molar-refractivity contribution in [3.05, 3.63) is 0 Å². The molecule has 0 rings (SSSR count). The fraction of sp³-hybridized carbons (Fsp3) is 1.00. The molecular weight excluding hydrogens is 879 g/mol. The second kappa shape index (κ2) is 50.9. The molecule has 0 aliphatic rings. The van der Waals surface area contributed by atoms with Gasteiger partial charge in [0.2, 0.25) is 0 Å². The Morgan fingerprint density at radius 2 is 0.400 bits per heavy atom. The van der Waals surface area contributed by atoms with E-state index in [1.165, 1.54) is 231 Å². The molecule has 0 bridgehead atoms. The van der Waals surface area contributed by atoms with Crippen LogP contribution in [0.1, 0.15) is 271 Å². The summed E-state index contributed by atoms with van der Waals surface area (Å²) in [5, 5.41) is 0. The SMILES string of the molecule is CCCCCCCCCCCCCCCCCCCCCCSP([O-])([O-])=S.CCCCCCCCCCCCCCCCCCCCCCSP([O-])([O-])=S.[Mo+4]. The summed E-state index contributed by atoms with van der Waals surface area (Å²) in [5.41, 5.74) is -7.02. The van der Waals surface area contributed by atoms with Crippen molar-refractivity contribution < 1.29 is 40.6 Å². The second-order valence-electron chi connectivity index (χ2n) is 16.0. The van der Waals surface area contributed by atoms with Crippen LogP contribution >= 0.6 is 34.2 Å². The van der Waals surface area contributed by atoms with Crippen molar-refractivity contribution >= 4 is 57.8 Å². The summed E-state index contributed by atoms with van der Waals surface area (Å²) in [6.07, 6.45) is 54.7. The minimum absolute atomic E-state index is 0. The molecule has 0 fully saturated rings. The minimum Gasteiger partial charge on any atom is -0.825 e. The molecule has 0 N–H and O–H groups in total. The molecule has 11 heteroatoms. The molecule has 0 heterocycles. The van der Waals surface area contributed by atoms with Gasteiger partial charge in [0.15, 0.2) is 0 Å². The largest absolute Gasteiger partial charge is 4.00 e. The molecule has 0 aromatic heterocycles. The quantitative estimate of drug-likeness (QED) is 0.0339. The van der Waals surface area contributed by atoms with Gasteiger partial charge in [-0.05, 0) is 24.3 Å². The molecule has 55 heavy (non-hydrogen) atoms. The van der Waals surface area contributed by atoms with Crippen molar-refractivity contribution in [3.8, 4) is 0 Å². The van der Waals surface area contributed by atoms with Gasteiger partial charge in [-0.2, -0.15) is 34.2 Å². The van der Waals surface area contributed by atoms with Crippen LogP contribution in [0.15, 0.2) is 0 Å². The fourth-order valence-electron chi connectivity index (χ4n) is 7.07. The van der Waals surface area contributed by atoms with E-state index in [1.807, 2.05) is 0 Å². The summed E-state index contributed by atoms with van der Waals surface area (Å²) in [5.74, 6) is 1.34. The fourth-order valence-corrected chi connectivity index (χ4v) is 11.6. The molecule has 0 radical (unpaired) electrons. The van der Waals surface area contributed by atoms with Gasteiger partial charge in [-0.3, -0.25) is 0 Å². The first-order valence-corrected chi connectivity index (χ1v) is 31.9. The Morgan fingerprint density at radius 3 is 0.527 bits per heavy atom. The molecule has 0 unspecified atom stereocenters. The third-order valence-electron chi connectivity index (χ3n) is 10.5. The van der Waals surface area contributed by atoms with E-state index in [4.69, 9.17) is 0 Å². The third-order valence-corrected chi connectivity index (χ3v) is 17.0. The second-order valence-corrected chi connectivity index (χ2v) is 27.8. The molecule has 0 amide bonds. The Morgan fingerprint density at radius 1 is 0.273 bits per heavy atom. The molecule has 0 atom stereocenters. The first-order chi connectivity index (χ1) is 26.1. The van der Waals surface area contributed by atoms with Crippen molar-refractivity contribution in [3.63, 3.8) is 0 Å². The Hall–Kier alpha value is 2.53. The summed E-state index contributed by atoms with van der Waals surface area (Å²) in [4.78, 5) is 43.4. The van der Waals surface area contributed by atoms with Gasteiger partial charge in [0.05, 0.1) is 0 Å². The van der Waals surface area contributed by atoms with E-state index in [-0.39, 0.29) is 21.1 Å². The van der Waals surface area contributed by atoms with Gasteiger partial charge in [0.25, 0.3) is 0 Å². The molecule has 330 valence electrons. The van der Waals surface area contributed by atoms with Crippen LogP contribution in [0.4, 0.5) is 0 Å². The Balaban J connectivity index is -0.000000966. The van der Waals surface area contributed by atoms with E-state index < -0.39 is 11.4 Å². The number of unbranched alkanes of at least 4 members (excludes halogenated alkanes) is 38. The number of hydrogen-bond donors (Lipinski definition) is 0. The predicted molar refractivity (Wildman–Crippen MR) is 250 cm³/mol. The van der Waals surface area contributed by atoms with Crippen LogP contribution < -0.4 is 19.6 Å². The number of hydrogen-bond acceptors (Lipinski definition) is 8. The zero-order valence-electron chi connectivity index (χ0n) is 36.3. The summed E-state index contributed by atoms with van der Waals surface area (Å²) in [6.45, 7) is 4.57. The van der Waals surface area contributed by atoms with Gasteiger partial charge >= 0.3 is 21.1 Å². The van der Waals surface area contributed by atoms with Crippen molar-refractivity contribution in [2.75, 3.05) is 11.5 Å². The van der Waals surface area contributed by atoms with E-state index in [0.717, 1.165) is 48.4 Å². The molecule has 0 aromatic rings. The standard InChI is InChI=1S/2C22H47O2PS2.Mo/c2*1-2-3-4-5-6-7-8-9-10-11-12-13-14-15-16-17-18-19-20-21-22-27-25(23,24)26;/h2*2-22H2,1H3,(H2,23,24,26);/q;;+4/p-4. The molecule has 0 spiro atoms. The molecule has 0 aromatic carbocycles. The summed E-state index contributed by atoms with van der Waals surface area (Å²) >= 11 is 10.6. The van der Waals surface area contributed by atoms with Crippen molar-refractivity contribution in [2.24, 2.45) is 0 Å². The van der Waals surface area contributed by atoms with Crippen LogP contribution in [0.3, 0.4) is 0 Å². The van der Waals surface area contributed by atoms with E-state index in [0.29, 0.717) is 11.5 Å². The maximum atomic E-state index is 10.8. The average molecular weight is 969 g/mol. The van der Waals surface area contributed by atoms with Crippen LogP contribution in [-0.4, -0.2) is 11.5 Å². The van der Waals surface area contributed by atoms with Gasteiger partial charge in [-0.15, -0.1) is 23.6 Å². The van der Waals surface area contributed by atoms with E-state index in [1.54, 1.807) is 0 Å². The van der Waals surface area contributed by atoms with Gasteiger partial charge < -0.3 is 19.6 Å². The summed E-state index contributed by atoms with van der Waals surface area (Å²) < 4.78 is 0. The maximum Gasteiger partial charge on any atom is 4.00 e. The molecule has 0 aliphatic heterocycles. The van der Waals surface area contributed by atoms with Crippen molar-refractivity contribution in [1.29, 1.82) is 0 Å².